The Kier molecular flexibility index (Phi) is 12.4. The Morgan fingerprint density at radius 1 is 0.795 bits per heavy atom. The van der Waals surface area contributed by atoms with Crippen molar-refractivity contribution in [3.63, 3.8) is 0 Å². The monoisotopic (exact) mass is 533 g/mol. The summed E-state index contributed by atoms with van der Waals surface area (Å²) in [5.41, 5.74) is 9.50. The maximum Gasteiger partial charge on any atom is 0.235 e. The van der Waals surface area contributed by atoms with Crippen LogP contribution in [0.1, 0.15) is 140 Å². The number of para-hydroxylation sites is 1. The van der Waals surface area contributed by atoms with Crippen LogP contribution in [0.5, 0.6) is 0 Å². The molecular formula is C33H51N5O. The number of amides is 1. The number of hydrazine groups is 1. The SMILES string of the molecule is CCCCCCCCCCCCC1(C(C(=O)Nc2c(C(C)C)cccc2C(C)C)c2ccccc2)N=NNN1. The van der Waals surface area contributed by atoms with Gasteiger partial charge in [-0.25, -0.2) is 5.53 Å². The molecule has 0 radical (unpaired) electrons. The molecule has 2 aromatic carbocycles. The van der Waals surface area contributed by atoms with E-state index in [0.29, 0.717) is 11.8 Å². The lowest BCUT2D eigenvalue weighted by Gasteiger charge is -2.33. The van der Waals surface area contributed by atoms with Gasteiger partial charge in [-0.15, -0.1) is 5.11 Å². The zero-order valence-corrected chi connectivity index (χ0v) is 24.9. The van der Waals surface area contributed by atoms with E-state index in [1.54, 1.807) is 0 Å². The van der Waals surface area contributed by atoms with E-state index >= 15 is 0 Å². The van der Waals surface area contributed by atoms with Gasteiger partial charge in [0.2, 0.25) is 5.91 Å². The van der Waals surface area contributed by atoms with Crippen molar-refractivity contribution in [1.29, 1.82) is 0 Å². The predicted molar refractivity (Wildman–Crippen MR) is 163 cm³/mol. The van der Waals surface area contributed by atoms with Crippen LogP contribution in [0, 0.1) is 0 Å². The van der Waals surface area contributed by atoms with Gasteiger partial charge >= 0.3 is 0 Å². The van der Waals surface area contributed by atoms with Gasteiger partial charge in [0.05, 0.1) is 0 Å². The van der Waals surface area contributed by atoms with Crippen molar-refractivity contribution in [3.05, 3.63) is 65.2 Å². The van der Waals surface area contributed by atoms with Crippen molar-refractivity contribution in [3.8, 4) is 0 Å². The number of benzene rings is 2. The summed E-state index contributed by atoms with van der Waals surface area (Å²) in [5.74, 6) is -0.00356. The number of carbonyl (C=O) groups is 1. The summed E-state index contributed by atoms with van der Waals surface area (Å²) in [6.45, 7) is 11.0. The first-order valence-electron chi connectivity index (χ1n) is 15.3. The maximum absolute atomic E-state index is 14.3. The minimum Gasteiger partial charge on any atom is -0.325 e. The Labute approximate surface area is 236 Å². The molecule has 6 nitrogen and oxygen atoms in total. The second-order valence-electron chi connectivity index (χ2n) is 11.7. The molecule has 3 rings (SSSR count). The topological polar surface area (TPSA) is 77.9 Å². The highest BCUT2D eigenvalue weighted by molar-refractivity contribution is 5.98. The lowest BCUT2D eigenvalue weighted by molar-refractivity contribution is -0.119. The number of carbonyl (C=O) groups excluding carboxylic acids is 1. The Morgan fingerprint density at radius 2 is 1.36 bits per heavy atom. The minimum atomic E-state index is -0.837. The molecule has 1 amide bonds. The normalized spacial score (nSPS) is 17.5. The van der Waals surface area contributed by atoms with Gasteiger partial charge in [0.15, 0.2) is 5.66 Å². The van der Waals surface area contributed by atoms with Crippen LogP contribution in [0.25, 0.3) is 0 Å². The van der Waals surface area contributed by atoms with Crippen LogP contribution in [0.3, 0.4) is 0 Å². The second-order valence-corrected chi connectivity index (χ2v) is 11.7. The van der Waals surface area contributed by atoms with E-state index in [2.05, 4.69) is 79.4 Å². The molecule has 214 valence electrons. The van der Waals surface area contributed by atoms with Crippen LogP contribution >= 0.6 is 0 Å². The summed E-state index contributed by atoms with van der Waals surface area (Å²) in [7, 11) is 0. The van der Waals surface area contributed by atoms with Crippen molar-refractivity contribution >= 4 is 11.6 Å². The average Bonchev–Trinajstić information content (AvgIpc) is 3.39. The Morgan fingerprint density at radius 3 is 1.87 bits per heavy atom. The number of anilines is 1. The van der Waals surface area contributed by atoms with Crippen LogP contribution < -0.4 is 16.3 Å². The third-order valence-electron chi connectivity index (χ3n) is 7.96. The van der Waals surface area contributed by atoms with E-state index in [1.165, 1.54) is 51.4 Å². The van der Waals surface area contributed by atoms with E-state index in [-0.39, 0.29) is 5.91 Å². The van der Waals surface area contributed by atoms with Crippen molar-refractivity contribution in [1.82, 2.24) is 11.0 Å². The molecule has 0 saturated carbocycles. The van der Waals surface area contributed by atoms with Crippen molar-refractivity contribution in [2.24, 2.45) is 10.3 Å². The summed E-state index contributed by atoms with van der Waals surface area (Å²) < 4.78 is 0. The molecule has 3 N–H and O–H groups in total. The molecule has 2 aromatic rings. The molecule has 0 spiro atoms. The zero-order chi connectivity index (χ0) is 28.1. The number of unbranched alkanes of at least 4 members (excludes halogenated alkanes) is 9. The van der Waals surface area contributed by atoms with Crippen molar-refractivity contribution < 1.29 is 4.79 Å². The lowest BCUT2D eigenvalue weighted by Crippen LogP contribution is -2.52. The molecule has 2 unspecified atom stereocenters. The summed E-state index contributed by atoms with van der Waals surface area (Å²) in [6, 6.07) is 16.4. The van der Waals surface area contributed by atoms with Crippen LogP contribution in [0.2, 0.25) is 0 Å². The summed E-state index contributed by atoms with van der Waals surface area (Å²) >= 11 is 0. The molecule has 1 aliphatic heterocycles. The highest BCUT2D eigenvalue weighted by atomic mass is 16.2. The lowest BCUT2D eigenvalue weighted by atomic mass is 9.82. The van der Waals surface area contributed by atoms with E-state index in [1.807, 2.05) is 30.3 Å². The number of nitrogens with one attached hydrogen (secondary N) is 3. The number of hydrogen-bond acceptors (Lipinski definition) is 5. The molecule has 0 bridgehead atoms. The largest absolute Gasteiger partial charge is 0.325 e. The van der Waals surface area contributed by atoms with Gasteiger partial charge < -0.3 is 5.32 Å². The first kappa shape index (κ1) is 30.8. The quantitative estimate of drug-likeness (QED) is 0.177. The zero-order valence-electron chi connectivity index (χ0n) is 24.9. The first-order valence-corrected chi connectivity index (χ1v) is 15.3. The minimum absolute atomic E-state index is 0.0570. The van der Waals surface area contributed by atoms with Gasteiger partial charge in [-0.3, -0.25) is 4.79 Å². The molecule has 0 saturated heterocycles. The third-order valence-corrected chi connectivity index (χ3v) is 7.96. The highest BCUT2D eigenvalue weighted by Gasteiger charge is 2.46. The highest BCUT2D eigenvalue weighted by Crippen LogP contribution is 2.39. The van der Waals surface area contributed by atoms with Gasteiger partial charge in [-0.1, -0.05) is 146 Å². The molecule has 39 heavy (non-hydrogen) atoms. The smallest absolute Gasteiger partial charge is 0.235 e. The molecular weight excluding hydrogens is 482 g/mol. The molecule has 0 aliphatic carbocycles. The molecule has 1 aliphatic rings. The van der Waals surface area contributed by atoms with Crippen LogP contribution in [-0.4, -0.2) is 11.6 Å². The fourth-order valence-corrected chi connectivity index (χ4v) is 5.71. The van der Waals surface area contributed by atoms with Gasteiger partial charge in [0, 0.05) is 5.69 Å². The molecule has 0 aromatic heterocycles. The molecule has 1 heterocycles. The summed E-state index contributed by atoms with van der Waals surface area (Å²) in [5, 5.41) is 12.1. The van der Waals surface area contributed by atoms with Crippen LogP contribution in [0.4, 0.5) is 5.69 Å². The Balaban J connectivity index is 1.76. The molecule has 6 heteroatoms. The van der Waals surface area contributed by atoms with Crippen molar-refractivity contribution in [2.75, 3.05) is 5.32 Å². The standard InChI is InChI=1S/C33H51N5O/c1-6-7-8-9-10-11-12-13-14-18-24-33(35-37-38-36-33)30(27-20-16-15-17-21-27)32(39)34-31-28(25(2)3)22-19-23-29(31)26(4)5/h15-17,19-23,25-26,30H,6-14,18,24H2,1-5H3,(H,34,39)(H,35,38)(H,36,37). The third kappa shape index (κ3) is 8.63. The van der Waals surface area contributed by atoms with Gasteiger partial charge in [-0.05, 0) is 41.4 Å². The number of rotatable bonds is 17. The summed E-state index contributed by atoms with van der Waals surface area (Å²) in [4.78, 5) is 14.3. The Bertz CT molecular complexity index is 1010. The maximum atomic E-state index is 14.3. The van der Waals surface area contributed by atoms with E-state index < -0.39 is 11.6 Å². The first-order chi connectivity index (χ1) is 18.9. The van der Waals surface area contributed by atoms with Gasteiger partial charge in [-0.2, -0.15) is 5.43 Å². The van der Waals surface area contributed by atoms with Crippen LogP contribution in [-0.2, 0) is 4.79 Å². The number of nitrogens with zero attached hydrogens (tertiary/aromatic N) is 2. The van der Waals surface area contributed by atoms with Crippen LogP contribution in [0.15, 0.2) is 58.9 Å². The van der Waals surface area contributed by atoms with Gasteiger partial charge in [0.25, 0.3) is 0 Å². The van der Waals surface area contributed by atoms with E-state index in [0.717, 1.165) is 41.6 Å². The fourth-order valence-electron chi connectivity index (χ4n) is 5.71. The predicted octanol–water partition coefficient (Wildman–Crippen LogP) is 9.14. The number of hydrogen-bond donors (Lipinski definition) is 3. The summed E-state index contributed by atoms with van der Waals surface area (Å²) in [6.07, 6.45) is 13.4. The van der Waals surface area contributed by atoms with E-state index in [4.69, 9.17) is 0 Å². The van der Waals surface area contributed by atoms with E-state index in [9.17, 15) is 4.79 Å². The average molecular weight is 534 g/mol. The Hall–Kier alpha value is -2.73. The second kappa shape index (κ2) is 15.8. The fraction of sp³-hybridized carbons (Fsp3) is 0.606. The van der Waals surface area contributed by atoms with Gasteiger partial charge in [0.1, 0.15) is 5.92 Å². The van der Waals surface area contributed by atoms with Crippen molar-refractivity contribution in [2.45, 2.75) is 129 Å². The molecule has 2 atom stereocenters. The molecule has 0 fully saturated rings.